The van der Waals surface area contributed by atoms with E-state index in [1.807, 2.05) is 0 Å². The third-order valence-electron chi connectivity index (χ3n) is 7.18. The van der Waals surface area contributed by atoms with Crippen LogP contribution in [0.4, 0.5) is 0 Å². The summed E-state index contributed by atoms with van der Waals surface area (Å²) in [6, 6.07) is 8.24. The van der Waals surface area contributed by atoms with Gasteiger partial charge < -0.3 is 64.2 Å². The molecule has 2 aliphatic heterocycles. The lowest BCUT2D eigenvalue weighted by Crippen LogP contribution is -2.58. The van der Waals surface area contributed by atoms with Crippen molar-refractivity contribution in [3.63, 3.8) is 0 Å². The second kappa shape index (κ2) is 11.1. The largest absolute Gasteiger partial charge is 0.504 e. The summed E-state index contributed by atoms with van der Waals surface area (Å²) in [7, 11) is 0. The van der Waals surface area contributed by atoms with Crippen molar-refractivity contribution in [2.45, 2.75) is 75.3 Å². The Morgan fingerprint density at radius 2 is 1.22 bits per heavy atom. The van der Waals surface area contributed by atoms with Crippen LogP contribution < -0.4 is 14.9 Å². The van der Waals surface area contributed by atoms with E-state index in [0.29, 0.717) is 5.56 Å². The highest BCUT2D eigenvalue weighted by Gasteiger charge is 2.44. The fourth-order valence-corrected chi connectivity index (χ4v) is 4.68. The molecule has 0 bridgehead atoms. The molecule has 2 aromatic carbocycles. The zero-order valence-corrected chi connectivity index (χ0v) is 21.8. The highest BCUT2D eigenvalue weighted by Crippen LogP contribution is 2.42. The van der Waals surface area contributed by atoms with Crippen LogP contribution in [0.3, 0.4) is 0 Å². The van der Waals surface area contributed by atoms with E-state index < -0.39 is 84.1 Å². The number of aliphatic hydroxyl groups is 6. The third-order valence-corrected chi connectivity index (χ3v) is 7.18. The van der Waals surface area contributed by atoms with Crippen molar-refractivity contribution in [1.29, 1.82) is 0 Å². The van der Waals surface area contributed by atoms with Crippen molar-refractivity contribution in [1.82, 2.24) is 0 Å². The van der Waals surface area contributed by atoms with Gasteiger partial charge in [-0.25, -0.2) is 0 Å². The molecule has 2 saturated heterocycles. The number of aliphatic hydroxyl groups excluding tert-OH is 6. The molecule has 10 atom stereocenters. The number of fused-ring (bicyclic) bond motifs is 1. The van der Waals surface area contributed by atoms with Crippen LogP contribution in [0.25, 0.3) is 22.3 Å². The first-order valence-electron chi connectivity index (χ1n) is 12.7. The van der Waals surface area contributed by atoms with E-state index in [0.717, 1.165) is 12.1 Å². The van der Waals surface area contributed by atoms with Crippen LogP contribution in [0.1, 0.15) is 13.8 Å². The summed E-state index contributed by atoms with van der Waals surface area (Å²) in [5, 5.41) is 80.8. The zero-order chi connectivity index (χ0) is 29.7. The molecule has 4 unspecified atom stereocenters. The van der Waals surface area contributed by atoms with Crippen molar-refractivity contribution in [2.24, 2.45) is 0 Å². The van der Waals surface area contributed by atoms with Gasteiger partial charge in [0, 0.05) is 17.7 Å². The van der Waals surface area contributed by atoms with Gasteiger partial charge in [0.05, 0.1) is 12.2 Å². The van der Waals surface area contributed by atoms with E-state index >= 15 is 0 Å². The molecule has 3 aromatic rings. The van der Waals surface area contributed by atoms with Crippen LogP contribution >= 0.6 is 0 Å². The number of rotatable bonds is 5. The topological polar surface area (TPSA) is 229 Å². The molecule has 222 valence electrons. The van der Waals surface area contributed by atoms with Gasteiger partial charge in [-0.2, -0.15) is 0 Å². The number of ether oxygens (including phenoxy) is 4. The molecule has 2 aliphatic rings. The maximum Gasteiger partial charge on any atom is 0.229 e. The highest BCUT2D eigenvalue weighted by molar-refractivity contribution is 5.89. The van der Waals surface area contributed by atoms with Gasteiger partial charge >= 0.3 is 0 Å². The molecule has 0 saturated carbocycles. The minimum atomic E-state index is -1.70. The van der Waals surface area contributed by atoms with Gasteiger partial charge in [-0.1, -0.05) is 0 Å². The quantitative estimate of drug-likeness (QED) is 0.175. The van der Waals surface area contributed by atoms with Crippen molar-refractivity contribution >= 4 is 11.0 Å². The number of benzene rings is 2. The maximum atomic E-state index is 12.9. The van der Waals surface area contributed by atoms with Gasteiger partial charge in [0.25, 0.3) is 0 Å². The van der Waals surface area contributed by atoms with E-state index in [1.54, 1.807) is 0 Å². The second-order valence-electron chi connectivity index (χ2n) is 10.0. The first-order chi connectivity index (χ1) is 19.4. The molecule has 3 heterocycles. The van der Waals surface area contributed by atoms with Crippen LogP contribution in [0.5, 0.6) is 23.0 Å². The Morgan fingerprint density at radius 1 is 0.683 bits per heavy atom. The number of phenolic OH excluding ortho intramolecular Hbond substituents is 2. The number of hydrogen-bond acceptors (Lipinski definition) is 14. The molecule has 5 rings (SSSR count). The Balaban J connectivity index is 1.41. The van der Waals surface area contributed by atoms with E-state index in [1.165, 1.54) is 38.1 Å². The fraction of sp³-hybridized carbons (Fsp3) is 0.444. The molecular weight excluding hydrogens is 548 g/mol. The predicted octanol–water partition coefficient (Wildman–Crippen LogP) is -0.716. The summed E-state index contributed by atoms with van der Waals surface area (Å²) in [5.41, 5.74) is -0.475. The Kier molecular flexibility index (Phi) is 7.84. The lowest BCUT2D eigenvalue weighted by Gasteiger charge is -2.38. The van der Waals surface area contributed by atoms with Crippen molar-refractivity contribution < 1.29 is 64.2 Å². The van der Waals surface area contributed by atoms with Crippen molar-refractivity contribution in [3.8, 4) is 34.3 Å². The molecule has 0 radical (unpaired) electrons. The Bertz CT molecular complexity index is 1460. The Hall–Kier alpha value is -3.47. The molecule has 0 amide bonds. The summed E-state index contributed by atoms with van der Waals surface area (Å²) in [6.07, 6.45) is -13.4. The molecule has 0 spiro atoms. The van der Waals surface area contributed by atoms with Gasteiger partial charge in [0.1, 0.15) is 59.1 Å². The van der Waals surface area contributed by atoms with Gasteiger partial charge in [0.15, 0.2) is 16.9 Å². The fourth-order valence-electron chi connectivity index (χ4n) is 4.68. The Labute approximate surface area is 231 Å². The van der Waals surface area contributed by atoms with E-state index in [-0.39, 0.29) is 22.5 Å². The van der Waals surface area contributed by atoms with E-state index in [9.17, 15) is 45.6 Å². The van der Waals surface area contributed by atoms with Crippen LogP contribution in [0.15, 0.2) is 45.6 Å². The SMILES string of the molecule is CC1O[C@@H](Oc2ccc(-c3cc(=O)c4c(O)c(O)c(O[C@@H]5OC(C)[C@H](O)[C@H](O)C5O)cc4o3)cc2)[C@@H](O)C(O)[C@H]1O. The minimum Gasteiger partial charge on any atom is -0.504 e. The highest BCUT2D eigenvalue weighted by atomic mass is 16.7. The summed E-state index contributed by atoms with van der Waals surface area (Å²) in [5.74, 6) is -1.79. The molecular formula is C27H30O14. The molecule has 14 nitrogen and oxygen atoms in total. The van der Waals surface area contributed by atoms with Crippen LogP contribution in [0.2, 0.25) is 0 Å². The minimum absolute atomic E-state index is 0.0623. The lowest BCUT2D eigenvalue weighted by molar-refractivity contribution is -0.268. The molecule has 2 fully saturated rings. The van der Waals surface area contributed by atoms with Gasteiger partial charge in [-0.3, -0.25) is 4.79 Å². The summed E-state index contributed by atoms with van der Waals surface area (Å²) in [6.45, 7) is 2.96. The maximum absolute atomic E-state index is 12.9. The molecule has 41 heavy (non-hydrogen) atoms. The third kappa shape index (κ3) is 5.31. The molecule has 14 heteroatoms. The average molecular weight is 579 g/mol. The number of phenols is 2. The van der Waals surface area contributed by atoms with Gasteiger partial charge in [-0.15, -0.1) is 0 Å². The zero-order valence-electron chi connectivity index (χ0n) is 21.8. The van der Waals surface area contributed by atoms with Gasteiger partial charge in [-0.05, 0) is 38.1 Å². The van der Waals surface area contributed by atoms with Gasteiger partial charge in [0.2, 0.25) is 18.3 Å². The van der Waals surface area contributed by atoms with Crippen molar-refractivity contribution in [3.05, 3.63) is 46.6 Å². The van der Waals surface area contributed by atoms with Crippen LogP contribution in [-0.2, 0) is 9.47 Å². The first-order valence-corrected chi connectivity index (χ1v) is 12.7. The normalized spacial score (nSPS) is 34.0. The lowest BCUT2D eigenvalue weighted by atomic mass is 10.00. The van der Waals surface area contributed by atoms with Crippen LogP contribution in [0, 0.1) is 0 Å². The predicted molar refractivity (Wildman–Crippen MR) is 137 cm³/mol. The van der Waals surface area contributed by atoms with Crippen molar-refractivity contribution in [2.75, 3.05) is 0 Å². The summed E-state index contributed by atoms with van der Waals surface area (Å²) >= 11 is 0. The number of aromatic hydroxyl groups is 2. The average Bonchev–Trinajstić information content (AvgIpc) is 2.95. The summed E-state index contributed by atoms with van der Waals surface area (Å²) < 4.78 is 27.7. The smallest absolute Gasteiger partial charge is 0.229 e. The molecule has 1 aromatic heterocycles. The Morgan fingerprint density at radius 3 is 1.78 bits per heavy atom. The molecule has 8 N–H and O–H groups in total. The van der Waals surface area contributed by atoms with Crippen LogP contribution in [-0.4, -0.2) is 102 Å². The monoisotopic (exact) mass is 578 g/mol. The number of hydrogen-bond donors (Lipinski definition) is 8. The van der Waals surface area contributed by atoms with E-state index in [2.05, 4.69) is 0 Å². The standard InChI is InChI=1S/C27H30O14/c1-9-18(29)22(33)24(35)26(37-9)39-12-5-3-11(4-6-12)14-7-13(28)17-15(40-14)8-16(20(31)21(17)32)41-27-25(36)23(34)19(30)10(2)38-27/h3-10,18-19,22-27,29-36H,1-2H3/t9?,10?,18-,19-,22?,23-,24-,25?,26-,27-/m0/s1. The second-order valence-corrected chi connectivity index (χ2v) is 10.0. The summed E-state index contributed by atoms with van der Waals surface area (Å²) in [4.78, 5) is 12.9. The van der Waals surface area contributed by atoms with E-state index in [4.69, 9.17) is 23.4 Å². The molecule has 0 aliphatic carbocycles. The first kappa shape index (κ1) is 29.0.